The first kappa shape index (κ1) is 21.0. The summed E-state index contributed by atoms with van der Waals surface area (Å²) in [5.74, 6) is 0.785. The quantitative estimate of drug-likeness (QED) is 0.757. The topological polar surface area (TPSA) is 70.7 Å². The highest BCUT2D eigenvalue weighted by Crippen LogP contribution is 2.28. The molecule has 1 saturated heterocycles. The van der Waals surface area contributed by atoms with Crippen LogP contribution in [0.2, 0.25) is 0 Å². The van der Waals surface area contributed by atoms with Crippen LogP contribution in [0.1, 0.15) is 66.2 Å². The van der Waals surface area contributed by atoms with Gasteiger partial charge in [0.15, 0.2) is 0 Å². The van der Waals surface area contributed by atoms with Gasteiger partial charge >= 0.3 is 6.09 Å². The molecule has 1 atom stereocenters. The van der Waals surface area contributed by atoms with Crippen LogP contribution >= 0.6 is 0 Å². The van der Waals surface area contributed by atoms with Gasteiger partial charge in [-0.1, -0.05) is 6.92 Å². The molecule has 2 N–H and O–H groups in total. The number of nitrogens with one attached hydrogen (secondary N) is 2. The van der Waals surface area contributed by atoms with Crippen LogP contribution < -0.4 is 10.6 Å². The number of amides is 2. The van der Waals surface area contributed by atoms with Crippen LogP contribution in [0.5, 0.6) is 0 Å². The fourth-order valence-electron chi connectivity index (χ4n) is 4.08. The minimum Gasteiger partial charge on any atom is -0.444 e. The van der Waals surface area contributed by atoms with Crippen molar-refractivity contribution in [1.82, 2.24) is 15.5 Å². The maximum atomic E-state index is 12.5. The third-order valence-corrected chi connectivity index (χ3v) is 5.57. The Morgan fingerprint density at radius 1 is 1.04 bits per heavy atom. The van der Waals surface area contributed by atoms with Crippen molar-refractivity contribution in [3.05, 3.63) is 0 Å². The summed E-state index contributed by atoms with van der Waals surface area (Å²) in [6.07, 6.45) is 5.87. The molecule has 0 aromatic heterocycles. The van der Waals surface area contributed by atoms with E-state index in [9.17, 15) is 9.59 Å². The third-order valence-electron chi connectivity index (χ3n) is 5.57. The van der Waals surface area contributed by atoms with E-state index in [-0.39, 0.29) is 17.9 Å². The minimum atomic E-state index is -0.466. The number of hydrogen-bond acceptors (Lipinski definition) is 4. The van der Waals surface area contributed by atoms with Gasteiger partial charge in [-0.3, -0.25) is 9.69 Å². The molecular formula is C20H37N3O3. The molecule has 0 aromatic rings. The molecule has 2 fully saturated rings. The van der Waals surface area contributed by atoms with Crippen LogP contribution in [0.25, 0.3) is 0 Å². The van der Waals surface area contributed by atoms with E-state index in [2.05, 4.69) is 22.5 Å². The summed E-state index contributed by atoms with van der Waals surface area (Å²) < 4.78 is 5.27. The number of nitrogens with zero attached hydrogens (tertiary/aromatic N) is 1. The second-order valence-electron chi connectivity index (χ2n) is 8.77. The van der Waals surface area contributed by atoms with Crippen LogP contribution in [0, 0.1) is 11.8 Å². The molecule has 1 aliphatic heterocycles. The average Bonchev–Trinajstić information content (AvgIpc) is 3.04. The third kappa shape index (κ3) is 6.78. The number of alkyl carbamates (subject to hydrolysis) is 1. The summed E-state index contributed by atoms with van der Waals surface area (Å²) in [6, 6.07) is 0.512. The number of ether oxygens (including phenoxy) is 1. The Hall–Kier alpha value is -1.30. The summed E-state index contributed by atoms with van der Waals surface area (Å²) in [5, 5.41) is 6.04. The molecule has 2 rings (SSSR count). The summed E-state index contributed by atoms with van der Waals surface area (Å²) in [6.45, 7) is 11.4. The van der Waals surface area contributed by atoms with E-state index in [0.717, 1.165) is 45.3 Å². The van der Waals surface area contributed by atoms with E-state index in [1.807, 2.05) is 20.8 Å². The predicted octanol–water partition coefficient (Wildman–Crippen LogP) is 2.92. The van der Waals surface area contributed by atoms with Crippen molar-refractivity contribution in [3.8, 4) is 0 Å². The molecule has 0 unspecified atom stereocenters. The molecule has 26 heavy (non-hydrogen) atoms. The number of carbonyl (C=O) groups is 2. The van der Waals surface area contributed by atoms with Crippen molar-refractivity contribution >= 4 is 12.0 Å². The smallest absolute Gasteiger partial charge is 0.407 e. The lowest BCUT2D eigenvalue weighted by atomic mass is 9.81. The second kappa shape index (κ2) is 9.58. The highest BCUT2D eigenvalue weighted by molar-refractivity contribution is 5.78. The summed E-state index contributed by atoms with van der Waals surface area (Å²) in [4.78, 5) is 26.7. The molecule has 1 saturated carbocycles. The number of likely N-dealkylation sites (N-methyl/N-ethyl adjacent to an activating group) is 1. The zero-order chi connectivity index (χ0) is 19.2. The molecule has 1 heterocycles. The maximum absolute atomic E-state index is 12.5. The lowest BCUT2D eigenvalue weighted by Gasteiger charge is -2.29. The maximum Gasteiger partial charge on any atom is 0.407 e. The number of hydrogen-bond donors (Lipinski definition) is 2. The molecule has 0 radical (unpaired) electrons. The monoisotopic (exact) mass is 367 g/mol. The van der Waals surface area contributed by atoms with E-state index < -0.39 is 5.60 Å². The van der Waals surface area contributed by atoms with Gasteiger partial charge in [0.05, 0.1) is 0 Å². The van der Waals surface area contributed by atoms with Crippen molar-refractivity contribution in [3.63, 3.8) is 0 Å². The molecular weight excluding hydrogens is 330 g/mol. The van der Waals surface area contributed by atoms with Gasteiger partial charge in [0.1, 0.15) is 5.60 Å². The number of likely N-dealkylation sites (tertiary alicyclic amines) is 1. The SMILES string of the molecule is CCN1CCC[C@H]1CNC(=O)C1CCC(CNC(=O)OC(C)(C)C)CC1. The molecule has 0 spiro atoms. The van der Waals surface area contributed by atoms with E-state index >= 15 is 0 Å². The Balaban J connectivity index is 1.63. The van der Waals surface area contributed by atoms with Crippen LogP contribution in [-0.2, 0) is 9.53 Å². The Kier molecular flexibility index (Phi) is 7.74. The van der Waals surface area contributed by atoms with Crippen molar-refractivity contribution in [2.75, 3.05) is 26.2 Å². The predicted molar refractivity (Wildman–Crippen MR) is 103 cm³/mol. The van der Waals surface area contributed by atoms with Gasteiger partial charge in [0.2, 0.25) is 5.91 Å². The van der Waals surface area contributed by atoms with Gasteiger partial charge in [-0.2, -0.15) is 0 Å². The summed E-state index contributed by atoms with van der Waals surface area (Å²) >= 11 is 0. The standard InChI is InChI=1S/C20H37N3O3/c1-5-23-12-6-7-17(23)14-21-18(24)16-10-8-15(9-11-16)13-22-19(25)26-20(2,3)4/h15-17H,5-14H2,1-4H3,(H,21,24)(H,22,25)/t15?,16?,17-/m0/s1. The molecule has 1 aliphatic carbocycles. The first-order valence-electron chi connectivity index (χ1n) is 10.3. The Morgan fingerprint density at radius 3 is 2.35 bits per heavy atom. The zero-order valence-corrected chi connectivity index (χ0v) is 17.0. The van der Waals surface area contributed by atoms with E-state index in [1.54, 1.807) is 0 Å². The van der Waals surface area contributed by atoms with Crippen LogP contribution in [0.4, 0.5) is 4.79 Å². The molecule has 0 bridgehead atoms. The van der Waals surface area contributed by atoms with Crippen molar-refractivity contribution < 1.29 is 14.3 Å². The highest BCUT2D eigenvalue weighted by atomic mass is 16.6. The Morgan fingerprint density at radius 2 is 1.73 bits per heavy atom. The van der Waals surface area contributed by atoms with Gasteiger partial charge < -0.3 is 15.4 Å². The first-order valence-corrected chi connectivity index (χ1v) is 10.3. The van der Waals surface area contributed by atoms with Crippen molar-refractivity contribution in [2.24, 2.45) is 11.8 Å². The van der Waals surface area contributed by atoms with Crippen molar-refractivity contribution in [1.29, 1.82) is 0 Å². The lowest BCUT2D eigenvalue weighted by molar-refractivity contribution is -0.126. The first-order chi connectivity index (χ1) is 12.3. The fourth-order valence-corrected chi connectivity index (χ4v) is 4.08. The molecule has 2 amide bonds. The molecule has 150 valence electrons. The Labute approximate surface area is 158 Å². The van der Waals surface area contributed by atoms with Gasteiger partial charge in [-0.15, -0.1) is 0 Å². The van der Waals surface area contributed by atoms with E-state index in [1.165, 1.54) is 12.8 Å². The molecule has 0 aromatic carbocycles. The van der Waals surface area contributed by atoms with E-state index in [0.29, 0.717) is 18.5 Å². The van der Waals surface area contributed by atoms with Gasteiger partial charge in [-0.25, -0.2) is 4.79 Å². The molecule has 6 nitrogen and oxygen atoms in total. The molecule has 2 aliphatic rings. The summed E-state index contributed by atoms with van der Waals surface area (Å²) in [7, 11) is 0. The van der Waals surface area contributed by atoms with Crippen LogP contribution in [0.15, 0.2) is 0 Å². The van der Waals surface area contributed by atoms with Crippen LogP contribution in [-0.4, -0.2) is 54.7 Å². The number of carbonyl (C=O) groups excluding carboxylic acids is 2. The highest BCUT2D eigenvalue weighted by Gasteiger charge is 2.28. The minimum absolute atomic E-state index is 0.129. The normalized spacial score (nSPS) is 27.2. The summed E-state index contributed by atoms with van der Waals surface area (Å²) in [5.41, 5.74) is -0.466. The van der Waals surface area contributed by atoms with Crippen LogP contribution in [0.3, 0.4) is 0 Å². The van der Waals surface area contributed by atoms with Gasteiger partial charge in [-0.05, 0) is 78.3 Å². The second-order valence-corrected chi connectivity index (χ2v) is 8.77. The number of rotatable bonds is 6. The fraction of sp³-hybridized carbons (Fsp3) is 0.900. The zero-order valence-electron chi connectivity index (χ0n) is 17.0. The van der Waals surface area contributed by atoms with Crippen molar-refractivity contribution in [2.45, 2.75) is 77.9 Å². The molecule has 6 heteroatoms. The largest absolute Gasteiger partial charge is 0.444 e. The van der Waals surface area contributed by atoms with Gasteiger partial charge in [0, 0.05) is 25.0 Å². The van der Waals surface area contributed by atoms with Gasteiger partial charge in [0.25, 0.3) is 0 Å². The Bertz CT molecular complexity index is 467. The lowest BCUT2D eigenvalue weighted by Crippen LogP contribution is -2.43. The van der Waals surface area contributed by atoms with E-state index in [4.69, 9.17) is 4.74 Å². The average molecular weight is 368 g/mol.